The highest BCUT2D eigenvalue weighted by atomic mass is 16.5. The van der Waals surface area contributed by atoms with Gasteiger partial charge in [-0.3, -0.25) is 4.79 Å². The molecule has 0 unspecified atom stereocenters. The fourth-order valence-electron chi connectivity index (χ4n) is 2.79. The molecule has 1 amide bonds. The Kier molecular flexibility index (Phi) is 6.42. The molecule has 0 radical (unpaired) electrons. The zero-order valence-corrected chi connectivity index (χ0v) is 15.5. The highest BCUT2D eigenvalue weighted by Crippen LogP contribution is 2.24. The van der Waals surface area contributed by atoms with Crippen molar-refractivity contribution >= 4 is 17.3 Å². The summed E-state index contributed by atoms with van der Waals surface area (Å²) in [6.07, 6.45) is 0. The van der Waals surface area contributed by atoms with Crippen LogP contribution in [-0.4, -0.2) is 45.2 Å². The van der Waals surface area contributed by atoms with Crippen LogP contribution in [0.4, 0.5) is 11.4 Å². The van der Waals surface area contributed by atoms with Crippen LogP contribution in [0.3, 0.4) is 0 Å². The third-order valence-electron chi connectivity index (χ3n) is 4.06. The topological polar surface area (TPSA) is 58.8 Å². The average Bonchev–Trinajstić information content (AvgIpc) is 2.57. The van der Waals surface area contributed by atoms with Crippen molar-refractivity contribution in [3.05, 3.63) is 59.2 Å². The minimum Gasteiger partial charge on any atom is -0.399 e. The quantitative estimate of drug-likeness (QED) is 0.787. The molecule has 134 valence electrons. The van der Waals surface area contributed by atoms with Crippen LogP contribution in [0, 0.1) is 6.92 Å². The van der Waals surface area contributed by atoms with Gasteiger partial charge in [-0.2, -0.15) is 0 Å². The maximum atomic E-state index is 13.0. The Balaban J connectivity index is 2.32. The maximum Gasteiger partial charge on any atom is 0.254 e. The van der Waals surface area contributed by atoms with Crippen molar-refractivity contribution in [2.24, 2.45) is 0 Å². The van der Waals surface area contributed by atoms with Gasteiger partial charge in [-0.05, 0) is 42.8 Å². The third-order valence-corrected chi connectivity index (χ3v) is 4.06. The number of anilines is 2. The van der Waals surface area contributed by atoms with Crippen molar-refractivity contribution in [2.45, 2.75) is 13.5 Å². The van der Waals surface area contributed by atoms with Gasteiger partial charge in [-0.1, -0.05) is 17.7 Å². The number of nitrogen functional groups attached to an aromatic ring is 1. The van der Waals surface area contributed by atoms with Crippen molar-refractivity contribution < 1.29 is 9.53 Å². The van der Waals surface area contributed by atoms with Crippen LogP contribution >= 0.6 is 0 Å². The van der Waals surface area contributed by atoms with E-state index in [1.807, 2.05) is 68.4 Å². The SMILES string of the molecule is COCCN(Cc1cc(N)ccc1N(C)C)C(=O)c1cccc(C)c1. The van der Waals surface area contributed by atoms with E-state index in [0.717, 1.165) is 16.8 Å². The van der Waals surface area contributed by atoms with Crippen LogP contribution in [0.1, 0.15) is 21.5 Å². The third kappa shape index (κ3) is 4.97. The summed E-state index contributed by atoms with van der Waals surface area (Å²) < 4.78 is 5.19. The van der Waals surface area contributed by atoms with Gasteiger partial charge in [0.05, 0.1) is 6.61 Å². The number of hydrogen-bond acceptors (Lipinski definition) is 4. The highest BCUT2D eigenvalue weighted by Gasteiger charge is 2.18. The van der Waals surface area contributed by atoms with Gasteiger partial charge in [0.15, 0.2) is 0 Å². The zero-order valence-electron chi connectivity index (χ0n) is 15.5. The predicted octanol–water partition coefficient (Wildman–Crippen LogP) is 2.93. The number of hydrogen-bond donors (Lipinski definition) is 1. The molecular formula is C20H27N3O2. The summed E-state index contributed by atoms with van der Waals surface area (Å²) in [4.78, 5) is 16.8. The largest absolute Gasteiger partial charge is 0.399 e. The molecular weight excluding hydrogens is 314 g/mol. The van der Waals surface area contributed by atoms with Crippen LogP contribution in [0.25, 0.3) is 0 Å². The molecule has 0 aliphatic carbocycles. The summed E-state index contributed by atoms with van der Waals surface area (Å²) in [7, 11) is 5.61. The molecule has 2 aromatic carbocycles. The van der Waals surface area contributed by atoms with Crippen molar-refractivity contribution in [2.75, 3.05) is 45.0 Å². The Hall–Kier alpha value is -2.53. The predicted molar refractivity (Wildman–Crippen MR) is 103 cm³/mol. The van der Waals surface area contributed by atoms with Gasteiger partial charge in [0.2, 0.25) is 0 Å². The molecule has 5 heteroatoms. The first kappa shape index (κ1) is 18.8. The number of methoxy groups -OCH3 is 1. The van der Waals surface area contributed by atoms with Gasteiger partial charge in [0.25, 0.3) is 5.91 Å². The number of amides is 1. The van der Waals surface area contributed by atoms with Gasteiger partial charge >= 0.3 is 0 Å². The molecule has 2 rings (SSSR count). The minimum atomic E-state index is -0.00659. The standard InChI is InChI=1S/C20H27N3O2/c1-15-6-5-7-16(12-15)20(24)23(10-11-25-4)14-17-13-18(21)8-9-19(17)22(2)3/h5-9,12-13H,10-11,14,21H2,1-4H3. The van der Waals surface area contributed by atoms with Gasteiger partial charge in [0.1, 0.15) is 0 Å². The van der Waals surface area contributed by atoms with Crippen molar-refractivity contribution in [3.63, 3.8) is 0 Å². The second kappa shape index (κ2) is 8.53. The second-order valence-corrected chi connectivity index (χ2v) is 6.37. The Labute approximate surface area is 150 Å². The van der Waals surface area contributed by atoms with Crippen molar-refractivity contribution in [3.8, 4) is 0 Å². The summed E-state index contributed by atoms with van der Waals surface area (Å²) in [6.45, 7) is 3.47. The van der Waals surface area contributed by atoms with E-state index in [1.54, 1.807) is 12.0 Å². The molecule has 5 nitrogen and oxygen atoms in total. The lowest BCUT2D eigenvalue weighted by Crippen LogP contribution is -2.34. The van der Waals surface area contributed by atoms with E-state index in [1.165, 1.54) is 0 Å². The summed E-state index contributed by atoms with van der Waals surface area (Å²) in [5.41, 5.74) is 10.5. The number of carbonyl (C=O) groups is 1. The molecule has 0 heterocycles. The van der Waals surface area contributed by atoms with Crippen LogP contribution in [0.15, 0.2) is 42.5 Å². The molecule has 0 atom stereocenters. The van der Waals surface area contributed by atoms with E-state index in [4.69, 9.17) is 10.5 Å². The first-order valence-electron chi connectivity index (χ1n) is 8.33. The fourth-order valence-corrected chi connectivity index (χ4v) is 2.79. The van der Waals surface area contributed by atoms with Gasteiger partial charge in [-0.15, -0.1) is 0 Å². The Morgan fingerprint density at radius 2 is 1.92 bits per heavy atom. The van der Waals surface area contributed by atoms with Crippen LogP contribution in [-0.2, 0) is 11.3 Å². The Bertz CT molecular complexity index is 729. The molecule has 0 saturated carbocycles. The summed E-state index contributed by atoms with van der Waals surface area (Å²) >= 11 is 0. The van der Waals surface area contributed by atoms with E-state index in [0.29, 0.717) is 30.9 Å². The van der Waals surface area contributed by atoms with Crippen molar-refractivity contribution in [1.29, 1.82) is 0 Å². The second-order valence-electron chi connectivity index (χ2n) is 6.37. The van der Waals surface area contributed by atoms with Crippen LogP contribution in [0.5, 0.6) is 0 Å². The lowest BCUT2D eigenvalue weighted by Gasteiger charge is -2.26. The Morgan fingerprint density at radius 3 is 2.56 bits per heavy atom. The van der Waals surface area contributed by atoms with Gasteiger partial charge < -0.3 is 20.3 Å². The number of aryl methyl sites for hydroxylation is 1. The molecule has 0 aromatic heterocycles. The highest BCUT2D eigenvalue weighted by molar-refractivity contribution is 5.94. The number of nitrogens with two attached hydrogens (primary N) is 1. The van der Waals surface area contributed by atoms with E-state index >= 15 is 0 Å². The van der Waals surface area contributed by atoms with E-state index in [-0.39, 0.29) is 5.91 Å². The van der Waals surface area contributed by atoms with Crippen molar-refractivity contribution in [1.82, 2.24) is 4.90 Å². The smallest absolute Gasteiger partial charge is 0.254 e. The molecule has 2 aromatic rings. The number of ether oxygens (including phenoxy) is 1. The van der Waals surface area contributed by atoms with Crippen LogP contribution < -0.4 is 10.6 Å². The van der Waals surface area contributed by atoms with Gasteiger partial charge in [0, 0.05) is 51.2 Å². The zero-order chi connectivity index (χ0) is 18.4. The lowest BCUT2D eigenvalue weighted by atomic mass is 10.1. The molecule has 25 heavy (non-hydrogen) atoms. The molecule has 0 fully saturated rings. The molecule has 0 saturated heterocycles. The summed E-state index contributed by atoms with van der Waals surface area (Å²) in [5, 5.41) is 0. The summed E-state index contributed by atoms with van der Waals surface area (Å²) in [6, 6.07) is 13.4. The molecule has 0 spiro atoms. The molecule has 0 aliphatic heterocycles. The average molecular weight is 341 g/mol. The van der Waals surface area contributed by atoms with Crippen LogP contribution in [0.2, 0.25) is 0 Å². The monoisotopic (exact) mass is 341 g/mol. The van der Waals surface area contributed by atoms with E-state index in [9.17, 15) is 4.79 Å². The lowest BCUT2D eigenvalue weighted by molar-refractivity contribution is 0.0680. The first-order valence-corrected chi connectivity index (χ1v) is 8.33. The van der Waals surface area contributed by atoms with Gasteiger partial charge in [-0.25, -0.2) is 0 Å². The Morgan fingerprint density at radius 1 is 1.16 bits per heavy atom. The number of nitrogens with zero attached hydrogens (tertiary/aromatic N) is 2. The number of benzene rings is 2. The normalized spacial score (nSPS) is 10.6. The summed E-state index contributed by atoms with van der Waals surface area (Å²) in [5.74, 6) is -0.00659. The molecule has 0 bridgehead atoms. The fraction of sp³-hybridized carbons (Fsp3) is 0.350. The molecule has 2 N–H and O–H groups in total. The van der Waals surface area contributed by atoms with E-state index in [2.05, 4.69) is 0 Å². The molecule has 0 aliphatic rings. The number of rotatable bonds is 7. The minimum absolute atomic E-state index is 0.00659. The number of carbonyl (C=O) groups excluding carboxylic acids is 1. The van der Waals surface area contributed by atoms with E-state index < -0.39 is 0 Å². The first-order chi connectivity index (χ1) is 11.9. The maximum absolute atomic E-state index is 13.0.